The summed E-state index contributed by atoms with van der Waals surface area (Å²) in [6.45, 7) is 1.03. The highest BCUT2D eigenvalue weighted by Crippen LogP contribution is 2.32. The van der Waals surface area contributed by atoms with Gasteiger partial charge in [0.25, 0.3) is 0 Å². The third-order valence-corrected chi connectivity index (χ3v) is 3.95. The van der Waals surface area contributed by atoms with Crippen LogP contribution < -0.4 is 10.1 Å². The van der Waals surface area contributed by atoms with Crippen LogP contribution in [0.4, 0.5) is 0 Å². The third kappa shape index (κ3) is 3.67. The van der Waals surface area contributed by atoms with Crippen LogP contribution in [0, 0.1) is 0 Å². The summed E-state index contributed by atoms with van der Waals surface area (Å²) >= 11 is 3.47. The molecule has 0 unspecified atom stereocenters. The zero-order valence-electron chi connectivity index (χ0n) is 11.9. The van der Waals surface area contributed by atoms with Crippen molar-refractivity contribution in [1.82, 2.24) is 5.32 Å². The van der Waals surface area contributed by atoms with E-state index >= 15 is 0 Å². The largest absolute Gasteiger partial charge is 0.488 e. The molecule has 1 N–H and O–H groups in total. The Hall–Kier alpha value is -1.85. The molecule has 0 aromatic heterocycles. The molecule has 5 heteroatoms. The van der Waals surface area contributed by atoms with Gasteiger partial charge in [0.05, 0.1) is 0 Å². The summed E-state index contributed by atoms with van der Waals surface area (Å²) in [6, 6.07) is 15.8. The molecule has 0 radical (unpaired) electrons. The van der Waals surface area contributed by atoms with E-state index in [4.69, 9.17) is 9.47 Å². The van der Waals surface area contributed by atoms with E-state index in [1.54, 1.807) is 0 Å². The van der Waals surface area contributed by atoms with Crippen molar-refractivity contribution < 1.29 is 14.3 Å². The molecular formula is C17H16BrNO3. The average molecular weight is 362 g/mol. The molecular weight excluding hydrogens is 346 g/mol. The Kier molecular flexibility index (Phi) is 4.75. The molecule has 1 amide bonds. The Labute approximate surface area is 137 Å². The highest BCUT2D eigenvalue weighted by Gasteiger charge is 2.23. The van der Waals surface area contributed by atoms with Crippen molar-refractivity contribution in [1.29, 1.82) is 0 Å². The molecule has 0 saturated carbocycles. The minimum atomic E-state index is -0.184. The minimum absolute atomic E-state index is 0.0822. The fraction of sp³-hybridized carbons (Fsp3) is 0.235. The number of amides is 1. The standard InChI is InChI=1S/C17H16BrNO3/c18-13-6-7-14(16-9-19-17(20)11-22-16)15(8-13)21-10-12-4-2-1-3-5-12/h1-8,16H,9-11H2,(H,19,20)/t16-/m0/s1. The number of benzene rings is 2. The number of morpholine rings is 1. The lowest BCUT2D eigenvalue weighted by Gasteiger charge is -2.25. The lowest BCUT2D eigenvalue weighted by atomic mass is 10.1. The molecule has 0 bridgehead atoms. The molecule has 0 aliphatic carbocycles. The number of halogens is 1. The first-order valence-electron chi connectivity index (χ1n) is 7.07. The van der Waals surface area contributed by atoms with E-state index in [1.165, 1.54) is 0 Å². The van der Waals surface area contributed by atoms with Gasteiger partial charge < -0.3 is 14.8 Å². The predicted molar refractivity (Wildman–Crippen MR) is 86.6 cm³/mol. The predicted octanol–water partition coefficient (Wildman–Crippen LogP) is 3.22. The van der Waals surface area contributed by atoms with Crippen LogP contribution in [0.15, 0.2) is 53.0 Å². The van der Waals surface area contributed by atoms with Crippen LogP contribution in [0.2, 0.25) is 0 Å². The van der Waals surface area contributed by atoms with Crippen LogP contribution in [-0.4, -0.2) is 19.1 Å². The Morgan fingerprint density at radius 3 is 2.77 bits per heavy atom. The number of carbonyl (C=O) groups is 1. The van der Waals surface area contributed by atoms with E-state index < -0.39 is 0 Å². The Bertz CT molecular complexity index is 650. The van der Waals surface area contributed by atoms with Crippen molar-refractivity contribution in [3.05, 3.63) is 64.1 Å². The highest BCUT2D eigenvalue weighted by molar-refractivity contribution is 9.10. The molecule has 4 nitrogen and oxygen atoms in total. The second-order valence-corrected chi connectivity index (χ2v) is 5.98. The second-order valence-electron chi connectivity index (χ2n) is 5.06. The maximum absolute atomic E-state index is 11.2. The van der Waals surface area contributed by atoms with Gasteiger partial charge in [-0.25, -0.2) is 0 Å². The molecule has 0 spiro atoms. The lowest BCUT2D eigenvalue weighted by molar-refractivity contribution is -0.133. The van der Waals surface area contributed by atoms with Crippen molar-refractivity contribution >= 4 is 21.8 Å². The van der Waals surface area contributed by atoms with Gasteiger partial charge in [0.15, 0.2) is 0 Å². The van der Waals surface area contributed by atoms with Gasteiger partial charge in [0.2, 0.25) is 5.91 Å². The van der Waals surface area contributed by atoms with Crippen LogP contribution in [0.5, 0.6) is 5.75 Å². The summed E-state index contributed by atoms with van der Waals surface area (Å²) in [4.78, 5) is 11.2. The molecule has 1 aliphatic heterocycles. The summed E-state index contributed by atoms with van der Waals surface area (Å²) in [5, 5.41) is 2.81. The van der Waals surface area contributed by atoms with Crippen molar-refractivity contribution in [2.45, 2.75) is 12.7 Å². The minimum Gasteiger partial charge on any atom is -0.488 e. The summed E-state index contributed by atoms with van der Waals surface area (Å²) in [5.74, 6) is 0.680. The van der Waals surface area contributed by atoms with Gasteiger partial charge >= 0.3 is 0 Å². The zero-order chi connectivity index (χ0) is 15.4. The maximum atomic E-state index is 11.2. The molecule has 3 rings (SSSR count). The van der Waals surface area contributed by atoms with Crippen LogP contribution >= 0.6 is 15.9 Å². The third-order valence-electron chi connectivity index (χ3n) is 3.46. The van der Waals surface area contributed by atoms with Gasteiger partial charge in [-0.3, -0.25) is 4.79 Å². The molecule has 22 heavy (non-hydrogen) atoms. The van der Waals surface area contributed by atoms with Gasteiger partial charge in [-0.05, 0) is 17.7 Å². The maximum Gasteiger partial charge on any atom is 0.246 e. The smallest absolute Gasteiger partial charge is 0.246 e. The van der Waals surface area contributed by atoms with Gasteiger partial charge in [-0.2, -0.15) is 0 Å². The number of hydrogen-bond acceptors (Lipinski definition) is 3. The van der Waals surface area contributed by atoms with Crippen LogP contribution in [0.1, 0.15) is 17.2 Å². The monoisotopic (exact) mass is 361 g/mol. The van der Waals surface area contributed by atoms with Crippen molar-refractivity contribution in [3.8, 4) is 5.75 Å². The Morgan fingerprint density at radius 2 is 2.05 bits per heavy atom. The van der Waals surface area contributed by atoms with Gasteiger partial charge in [-0.1, -0.05) is 52.3 Å². The molecule has 1 heterocycles. The number of carbonyl (C=O) groups excluding carboxylic acids is 1. The van der Waals surface area contributed by atoms with Crippen molar-refractivity contribution in [3.63, 3.8) is 0 Å². The molecule has 1 atom stereocenters. The van der Waals surface area contributed by atoms with Crippen LogP contribution in [0.3, 0.4) is 0 Å². The van der Waals surface area contributed by atoms with Gasteiger partial charge in [0, 0.05) is 16.6 Å². The summed E-state index contributed by atoms with van der Waals surface area (Å²) in [6.07, 6.45) is -0.184. The quantitative estimate of drug-likeness (QED) is 0.909. The first kappa shape index (κ1) is 15.1. The first-order chi connectivity index (χ1) is 10.7. The SMILES string of the molecule is O=C1CO[C@H](c2ccc(Br)cc2OCc2ccccc2)CN1. The van der Waals surface area contributed by atoms with E-state index in [0.29, 0.717) is 13.2 Å². The van der Waals surface area contributed by atoms with Gasteiger partial charge in [-0.15, -0.1) is 0 Å². The van der Waals surface area contributed by atoms with E-state index in [-0.39, 0.29) is 18.6 Å². The van der Waals surface area contributed by atoms with Crippen LogP contribution in [-0.2, 0) is 16.1 Å². The lowest BCUT2D eigenvalue weighted by Crippen LogP contribution is -2.38. The Balaban J connectivity index is 1.77. The number of hydrogen-bond donors (Lipinski definition) is 1. The molecule has 1 fully saturated rings. The van der Waals surface area contributed by atoms with Crippen molar-refractivity contribution in [2.75, 3.05) is 13.2 Å². The fourth-order valence-electron chi connectivity index (χ4n) is 2.33. The molecule has 1 saturated heterocycles. The summed E-state index contributed by atoms with van der Waals surface area (Å²) in [5.41, 5.74) is 2.05. The second kappa shape index (κ2) is 6.94. The molecule has 1 aliphatic rings. The van der Waals surface area contributed by atoms with E-state index in [2.05, 4.69) is 21.2 Å². The highest BCUT2D eigenvalue weighted by atomic mass is 79.9. The van der Waals surface area contributed by atoms with Crippen molar-refractivity contribution in [2.24, 2.45) is 0 Å². The first-order valence-corrected chi connectivity index (χ1v) is 7.86. The fourth-order valence-corrected chi connectivity index (χ4v) is 2.67. The normalized spacial score (nSPS) is 17.9. The molecule has 2 aromatic carbocycles. The molecule has 114 valence electrons. The average Bonchev–Trinajstić information content (AvgIpc) is 2.55. The van der Waals surface area contributed by atoms with Gasteiger partial charge in [0.1, 0.15) is 25.1 Å². The van der Waals surface area contributed by atoms with E-state index in [1.807, 2.05) is 48.5 Å². The Morgan fingerprint density at radius 1 is 1.23 bits per heavy atom. The van der Waals surface area contributed by atoms with E-state index in [9.17, 15) is 4.79 Å². The molecule has 2 aromatic rings. The zero-order valence-corrected chi connectivity index (χ0v) is 13.5. The summed E-state index contributed by atoms with van der Waals surface area (Å²) in [7, 11) is 0. The topological polar surface area (TPSA) is 47.6 Å². The number of ether oxygens (including phenoxy) is 2. The van der Waals surface area contributed by atoms with E-state index in [0.717, 1.165) is 21.3 Å². The van der Waals surface area contributed by atoms with Crippen LogP contribution in [0.25, 0.3) is 0 Å². The number of nitrogens with one attached hydrogen (secondary N) is 1. The number of rotatable bonds is 4. The summed E-state index contributed by atoms with van der Waals surface area (Å²) < 4.78 is 12.5.